The summed E-state index contributed by atoms with van der Waals surface area (Å²) in [5.41, 5.74) is 0. The summed E-state index contributed by atoms with van der Waals surface area (Å²) in [5.74, 6) is 2.10. The smallest absolute Gasteiger partial charge is 0.289 e. The largest absolute Gasteiger partial charge is 0.339 e. The van der Waals surface area contributed by atoms with Crippen LogP contribution < -0.4 is 0 Å². The van der Waals surface area contributed by atoms with Gasteiger partial charge in [-0.3, -0.25) is 9.59 Å². The van der Waals surface area contributed by atoms with Crippen LogP contribution in [0, 0.1) is 0 Å². The fourth-order valence-electron chi connectivity index (χ4n) is 3.90. The highest BCUT2D eigenvalue weighted by Crippen LogP contribution is 2.35. The van der Waals surface area contributed by atoms with Crippen molar-refractivity contribution >= 4 is 11.8 Å². The molecule has 0 N–H and O–H groups in total. The molecule has 1 unspecified atom stereocenters. The molecule has 0 bridgehead atoms. The summed E-state index contributed by atoms with van der Waals surface area (Å²) in [7, 11) is 1.80. The number of likely N-dealkylation sites (tertiary alicyclic amines) is 1. The molecular formula is C19H26N6O3. The minimum Gasteiger partial charge on any atom is -0.339 e. The summed E-state index contributed by atoms with van der Waals surface area (Å²) in [6.07, 6.45) is 8.13. The summed E-state index contributed by atoms with van der Waals surface area (Å²) in [4.78, 5) is 37.1. The Morgan fingerprint density at radius 2 is 2.14 bits per heavy atom. The molecule has 2 aliphatic rings. The van der Waals surface area contributed by atoms with Gasteiger partial charge in [0.1, 0.15) is 0 Å². The molecule has 2 aromatic rings. The number of amides is 2. The highest BCUT2D eigenvalue weighted by molar-refractivity contribution is 5.91. The Morgan fingerprint density at radius 3 is 2.79 bits per heavy atom. The maximum Gasteiger partial charge on any atom is 0.289 e. The Kier molecular flexibility index (Phi) is 5.15. The average Bonchev–Trinajstić information content (AvgIpc) is 3.34. The van der Waals surface area contributed by atoms with Crippen LogP contribution in [0.2, 0.25) is 0 Å². The molecule has 1 atom stereocenters. The van der Waals surface area contributed by atoms with Gasteiger partial charge in [0, 0.05) is 58.3 Å². The first-order chi connectivity index (χ1) is 13.5. The Bertz CT molecular complexity index is 855. The molecule has 4 rings (SSSR count). The molecule has 9 heteroatoms. The molecule has 3 heterocycles. The van der Waals surface area contributed by atoms with Crippen molar-refractivity contribution in [3.63, 3.8) is 0 Å². The van der Waals surface area contributed by atoms with Crippen LogP contribution in [0.15, 0.2) is 16.9 Å². The summed E-state index contributed by atoms with van der Waals surface area (Å²) in [6.45, 7) is 3.23. The molecular weight excluding hydrogens is 360 g/mol. The Hall–Kier alpha value is -2.71. The fourth-order valence-corrected chi connectivity index (χ4v) is 3.90. The first-order valence-electron chi connectivity index (χ1n) is 9.89. The van der Waals surface area contributed by atoms with Crippen molar-refractivity contribution in [1.29, 1.82) is 0 Å². The zero-order chi connectivity index (χ0) is 19.7. The third-order valence-electron chi connectivity index (χ3n) is 5.82. The summed E-state index contributed by atoms with van der Waals surface area (Å²) < 4.78 is 7.08. The van der Waals surface area contributed by atoms with E-state index in [9.17, 15) is 9.59 Å². The zero-order valence-electron chi connectivity index (χ0n) is 16.4. The summed E-state index contributed by atoms with van der Waals surface area (Å²) in [5, 5.41) is 4.06. The number of aromatic nitrogens is 4. The van der Waals surface area contributed by atoms with Crippen LogP contribution in [0.3, 0.4) is 0 Å². The Morgan fingerprint density at radius 1 is 1.32 bits per heavy atom. The molecule has 2 fully saturated rings. The lowest BCUT2D eigenvalue weighted by atomic mass is 9.85. The van der Waals surface area contributed by atoms with Gasteiger partial charge < -0.3 is 18.9 Å². The lowest BCUT2D eigenvalue weighted by molar-refractivity contribution is -0.130. The monoisotopic (exact) mass is 386 g/mol. The molecule has 1 aliphatic carbocycles. The zero-order valence-corrected chi connectivity index (χ0v) is 16.4. The number of carbonyl (C=O) groups is 2. The predicted molar refractivity (Wildman–Crippen MR) is 99.5 cm³/mol. The van der Waals surface area contributed by atoms with Crippen LogP contribution in [-0.4, -0.2) is 67.0 Å². The molecule has 2 aromatic heterocycles. The molecule has 0 spiro atoms. The van der Waals surface area contributed by atoms with E-state index in [-0.39, 0.29) is 17.9 Å². The number of carbonyl (C=O) groups excluding carboxylic acids is 2. The van der Waals surface area contributed by atoms with Gasteiger partial charge in [0.15, 0.2) is 11.6 Å². The minimum atomic E-state index is -0.0955. The molecule has 1 aliphatic heterocycles. The van der Waals surface area contributed by atoms with Gasteiger partial charge in [0.05, 0.1) is 6.04 Å². The van der Waals surface area contributed by atoms with Crippen LogP contribution >= 0.6 is 0 Å². The topological polar surface area (TPSA) is 97.4 Å². The maximum atomic E-state index is 12.7. The van der Waals surface area contributed by atoms with Gasteiger partial charge in [0.25, 0.3) is 5.91 Å². The Balaban J connectivity index is 1.35. The average molecular weight is 386 g/mol. The van der Waals surface area contributed by atoms with Gasteiger partial charge >= 0.3 is 0 Å². The van der Waals surface area contributed by atoms with Crippen molar-refractivity contribution in [2.24, 2.45) is 7.05 Å². The SMILES string of the molecule is CC(=O)N(CCc1noc(C2CCC2)n1)C1CCN(C(=O)c2nccn2C)C1. The van der Waals surface area contributed by atoms with Crippen LogP contribution in [0.1, 0.15) is 60.9 Å². The minimum absolute atomic E-state index is 0.000258. The summed E-state index contributed by atoms with van der Waals surface area (Å²) >= 11 is 0. The maximum absolute atomic E-state index is 12.7. The molecule has 9 nitrogen and oxygen atoms in total. The van der Waals surface area contributed by atoms with Crippen molar-refractivity contribution < 1.29 is 14.1 Å². The highest BCUT2D eigenvalue weighted by atomic mass is 16.5. The second-order valence-electron chi connectivity index (χ2n) is 7.69. The number of imidazole rings is 1. The molecule has 0 radical (unpaired) electrons. The van der Waals surface area contributed by atoms with E-state index in [4.69, 9.17) is 4.52 Å². The van der Waals surface area contributed by atoms with Gasteiger partial charge in [0.2, 0.25) is 11.8 Å². The van der Waals surface area contributed by atoms with Crippen molar-refractivity contribution in [2.45, 2.75) is 51.0 Å². The van der Waals surface area contributed by atoms with Crippen LogP contribution in [0.25, 0.3) is 0 Å². The third-order valence-corrected chi connectivity index (χ3v) is 5.82. The van der Waals surface area contributed by atoms with E-state index < -0.39 is 0 Å². The number of rotatable bonds is 6. The lowest BCUT2D eigenvalue weighted by Crippen LogP contribution is -2.43. The first-order valence-corrected chi connectivity index (χ1v) is 9.89. The molecule has 150 valence electrons. The van der Waals surface area contributed by atoms with Crippen LogP contribution in [-0.2, 0) is 18.3 Å². The lowest BCUT2D eigenvalue weighted by Gasteiger charge is -2.27. The van der Waals surface area contributed by atoms with Gasteiger partial charge in [-0.1, -0.05) is 11.6 Å². The molecule has 1 saturated carbocycles. The molecule has 2 amide bonds. The second-order valence-corrected chi connectivity index (χ2v) is 7.69. The molecule has 0 aromatic carbocycles. The van der Waals surface area contributed by atoms with E-state index in [1.807, 2.05) is 4.90 Å². The number of nitrogens with zero attached hydrogens (tertiary/aromatic N) is 6. The molecule has 28 heavy (non-hydrogen) atoms. The van der Waals surface area contributed by atoms with Crippen molar-refractivity contribution in [3.05, 3.63) is 29.9 Å². The standard InChI is InChI=1S/C19H26N6O3/c1-13(26)25(10-7-16-21-18(28-22-16)14-4-3-5-14)15-6-9-24(12-15)19(27)17-20-8-11-23(17)2/h8,11,14-15H,3-7,9-10,12H2,1-2H3. The highest BCUT2D eigenvalue weighted by Gasteiger charge is 2.33. The predicted octanol–water partition coefficient (Wildman–Crippen LogP) is 1.38. The van der Waals surface area contributed by atoms with Crippen molar-refractivity contribution in [1.82, 2.24) is 29.5 Å². The quantitative estimate of drug-likeness (QED) is 0.744. The van der Waals surface area contributed by atoms with E-state index in [1.165, 1.54) is 6.42 Å². The normalized spacial score (nSPS) is 19.6. The van der Waals surface area contributed by atoms with Gasteiger partial charge in [-0.2, -0.15) is 4.98 Å². The van der Waals surface area contributed by atoms with E-state index in [0.717, 1.165) is 25.2 Å². The third kappa shape index (κ3) is 3.65. The molecule has 1 saturated heterocycles. The van der Waals surface area contributed by atoms with Gasteiger partial charge in [-0.15, -0.1) is 0 Å². The van der Waals surface area contributed by atoms with Gasteiger partial charge in [-0.25, -0.2) is 4.98 Å². The first kappa shape index (κ1) is 18.6. The van der Waals surface area contributed by atoms with E-state index in [1.54, 1.807) is 35.8 Å². The number of hydrogen-bond acceptors (Lipinski definition) is 6. The summed E-state index contributed by atoms with van der Waals surface area (Å²) in [6, 6.07) is -0.000258. The fraction of sp³-hybridized carbons (Fsp3) is 0.632. The van der Waals surface area contributed by atoms with E-state index >= 15 is 0 Å². The van der Waals surface area contributed by atoms with E-state index in [0.29, 0.717) is 43.6 Å². The van der Waals surface area contributed by atoms with Crippen molar-refractivity contribution in [2.75, 3.05) is 19.6 Å². The van der Waals surface area contributed by atoms with Crippen LogP contribution in [0.5, 0.6) is 0 Å². The van der Waals surface area contributed by atoms with Crippen LogP contribution in [0.4, 0.5) is 0 Å². The number of aryl methyl sites for hydroxylation is 1. The van der Waals surface area contributed by atoms with Crippen molar-refractivity contribution in [3.8, 4) is 0 Å². The van der Waals surface area contributed by atoms with E-state index in [2.05, 4.69) is 15.1 Å². The Labute approximate surface area is 163 Å². The number of hydrogen-bond donors (Lipinski definition) is 0. The van der Waals surface area contributed by atoms with Gasteiger partial charge in [-0.05, 0) is 19.3 Å². The second kappa shape index (κ2) is 7.73.